The van der Waals surface area contributed by atoms with Crippen LogP contribution < -0.4 is 20.5 Å². The number of hydrogen-bond donors (Lipinski definition) is 1. The fraction of sp³-hybridized carbons (Fsp3) is 0.370. The third-order valence-corrected chi connectivity index (χ3v) is 13.4. The van der Waals surface area contributed by atoms with Gasteiger partial charge in [-0.3, -0.25) is 19.0 Å². The molecule has 1 N–H and O–H groups in total. The number of carbonyl (C=O) groups is 2. The van der Waals surface area contributed by atoms with Crippen molar-refractivity contribution in [1.29, 1.82) is 0 Å². The number of nitrogens with zero attached hydrogens (tertiary/aromatic N) is 8. The van der Waals surface area contributed by atoms with Crippen LogP contribution in [0.2, 0.25) is 5.02 Å². The number of fused-ring (bicyclic) bond motifs is 5. The van der Waals surface area contributed by atoms with Crippen LogP contribution in [0.3, 0.4) is 0 Å². The number of halogens is 4. The summed E-state index contributed by atoms with van der Waals surface area (Å²) in [5.41, 5.74) is 3.39. The molecule has 1 unspecified atom stereocenters. The van der Waals surface area contributed by atoms with E-state index in [-0.39, 0.29) is 78.0 Å². The van der Waals surface area contributed by atoms with E-state index in [1.165, 1.54) is 10.8 Å². The summed E-state index contributed by atoms with van der Waals surface area (Å²) < 4.78 is 55.6. The van der Waals surface area contributed by atoms with Crippen LogP contribution in [-0.2, 0) is 34.5 Å². The Morgan fingerprint density at radius 3 is 2.53 bits per heavy atom. The smallest absolute Gasteiger partial charge is 0.416 e. The van der Waals surface area contributed by atoms with Crippen molar-refractivity contribution in [3.05, 3.63) is 128 Å². The van der Waals surface area contributed by atoms with Gasteiger partial charge in [0.05, 0.1) is 45.9 Å². The molecule has 14 nitrogen and oxygen atoms in total. The van der Waals surface area contributed by atoms with Gasteiger partial charge in [0.2, 0.25) is 11.7 Å². The molecule has 2 fully saturated rings. The molecule has 0 bridgehead atoms. The van der Waals surface area contributed by atoms with Crippen molar-refractivity contribution in [3.8, 4) is 17.1 Å². The molecule has 4 aliphatic rings. The maximum Gasteiger partial charge on any atom is 0.416 e. The Balaban J connectivity index is 1.02. The first-order chi connectivity index (χ1) is 30.6. The predicted molar refractivity (Wildman–Crippen MR) is 230 cm³/mol. The second-order valence-electron chi connectivity index (χ2n) is 17.4. The molecule has 4 atom stereocenters. The van der Waals surface area contributed by atoms with E-state index in [2.05, 4.69) is 15.3 Å². The number of anilines is 2. The Kier molecular flexibility index (Phi) is 10.0. The average Bonchev–Trinajstić information content (AvgIpc) is 3.94. The summed E-state index contributed by atoms with van der Waals surface area (Å²) in [5.74, 6) is -0.474. The molecule has 0 radical (unpaired) electrons. The number of benzene rings is 3. The lowest BCUT2D eigenvalue weighted by Crippen LogP contribution is -2.67. The largest absolute Gasteiger partial charge is 0.485 e. The number of amides is 2. The first-order valence-electron chi connectivity index (χ1n) is 21.2. The van der Waals surface area contributed by atoms with Crippen LogP contribution in [0.15, 0.2) is 77.9 Å². The van der Waals surface area contributed by atoms with Gasteiger partial charge >= 0.3 is 6.18 Å². The molecule has 18 heteroatoms. The lowest BCUT2D eigenvalue weighted by atomic mass is 9.81. The minimum absolute atomic E-state index is 0.00843. The maximum absolute atomic E-state index is 15.0. The zero-order chi connectivity index (χ0) is 44.8. The molecule has 1 aliphatic carbocycles. The van der Waals surface area contributed by atoms with Gasteiger partial charge in [-0.2, -0.15) is 22.7 Å². The van der Waals surface area contributed by atoms with Crippen molar-refractivity contribution in [3.63, 3.8) is 0 Å². The number of alkyl halides is 3. The van der Waals surface area contributed by atoms with Gasteiger partial charge in [-0.15, -0.1) is 5.10 Å². The number of aryl methyl sites for hydroxylation is 1. The number of aromatic nitrogens is 6. The van der Waals surface area contributed by atoms with E-state index in [9.17, 15) is 22.8 Å². The lowest BCUT2D eigenvalue weighted by molar-refractivity contribution is -0.137. The Morgan fingerprint density at radius 1 is 1.02 bits per heavy atom. The maximum atomic E-state index is 15.0. The van der Waals surface area contributed by atoms with Crippen molar-refractivity contribution < 1.29 is 32.2 Å². The Bertz CT molecular complexity index is 2940. The Hall–Kier alpha value is -6.33. The Labute approximate surface area is 370 Å². The van der Waals surface area contributed by atoms with Crippen molar-refractivity contribution in [2.24, 2.45) is 0 Å². The monoisotopic (exact) mass is 893 g/mol. The van der Waals surface area contributed by atoms with Crippen LogP contribution in [0.1, 0.15) is 96.1 Å². The molecule has 64 heavy (non-hydrogen) atoms. The first kappa shape index (κ1) is 41.7. The molecular weight excluding hydrogens is 851 g/mol. The van der Waals surface area contributed by atoms with Gasteiger partial charge in [-0.25, -0.2) is 9.97 Å². The average molecular weight is 894 g/mol. The molecule has 1 saturated heterocycles. The van der Waals surface area contributed by atoms with Crippen LogP contribution >= 0.6 is 11.6 Å². The van der Waals surface area contributed by atoms with E-state index in [1.54, 1.807) is 16.4 Å². The quantitative estimate of drug-likeness (QED) is 0.160. The van der Waals surface area contributed by atoms with Crippen molar-refractivity contribution in [1.82, 2.24) is 34.0 Å². The summed E-state index contributed by atoms with van der Waals surface area (Å²) in [5, 5.41) is 7.25. The second-order valence-corrected chi connectivity index (χ2v) is 17.8. The number of ether oxygens (including phenoxy) is 2. The summed E-state index contributed by atoms with van der Waals surface area (Å²) in [7, 11) is 0. The number of rotatable bonds is 8. The highest BCUT2D eigenvalue weighted by molar-refractivity contribution is 6.33. The summed E-state index contributed by atoms with van der Waals surface area (Å²) in [6, 6.07) is 16.7. The van der Waals surface area contributed by atoms with E-state index in [1.807, 2.05) is 74.2 Å². The van der Waals surface area contributed by atoms with E-state index in [0.717, 1.165) is 34.9 Å². The van der Waals surface area contributed by atoms with Crippen molar-refractivity contribution in [2.75, 3.05) is 23.3 Å². The summed E-state index contributed by atoms with van der Waals surface area (Å²) >= 11 is 6.31. The highest BCUT2D eigenvalue weighted by Crippen LogP contribution is 2.46. The highest BCUT2D eigenvalue weighted by Gasteiger charge is 2.49. The van der Waals surface area contributed by atoms with Gasteiger partial charge in [0.15, 0.2) is 17.3 Å². The van der Waals surface area contributed by atoms with Crippen LogP contribution in [0.25, 0.3) is 17.2 Å². The SMILES string of the molecule is Cc1ncnc(C(=O)N2CCN(c3c4n(c5nc(-c6ccc7c(c6)COC7(C)C)nn5c3=O)C(C(=O)Nc3ccc(C(F)(F)F)cc3Cl)C[C@H]4C)[C@H]3CC[C@@H]32)c1OCc1ccccc1. The zero-order valence-corrected chi connectivity index (χ0v) is 36.1. The zero-order valence-electron chi connectivity index (χ0n) is 35.3. The van der Waals surface area contributed by atoms with Crippen LogP contribution in [0.4, 0.5) is 24.5 Å². The molecule has 0 spiro atoms. The molecule has 6 heterocycles. The van der Waals surface area contributed by atoms with E-state index < -0.39 is 34.8 Å². The van der Waals surface area contributed by atoms with Gasteiger partial charge in [0, 0.05) is 30.6 Å². The molecular formula is C46H43ClF3N9O5. The molecule has 3 aromatic carbocycles. The number of piperazine rings is 1. The van der Waals surface area contributed by atoms with Crippen LogP contribution in [0.5, 0.6) is 5.75 Å². The van der Waals surface area contributed by atoms with Crippen molar-refractivity contribution in [2.45, 2.75) is 96.0 Å². The minimum Gasteiger partial charge on any atom is -0.485 e. The standard InChI is InChI=1S/C46H43ClF3N9O5/c1-24-18-35(41(60)53-32-13-11-29(20-31(32)47)46(48,49)50)58-37(24)38(43(62)59-44(58)54-40(55-59)27-10-12-30-28(19-27)22-64-45(30,3)4)56-16-17-57(34-15-14-33(34)56)42(61)36-39(25(2)51-23-52-36)63-21-26-8-6-5-7-9-26/h5-13,19-20,23-24,33-35H,14-18,21-22H2,1-4H3,(H,53,60)/t24-,33+,34+,35?/m1/s1. The third kappa shape index (κ3) is 6.96. The summed E-state index contributed by atoms with van der Waals surface area (Å²) in [6.45, 7) is 8.86. The van der Waals surface area contributed by atoms with Crippen LogP contribution in [0, 0.1) is 6.92 Å². The second kappa shape index (κ2) is 15.4. The lowest BCUT2D eigenvalue weighted by Gasteiger charge is -2.54. The van der Waals surface area contributed by atoms with Gasteiger partial charge < -0.3 is 24.6 Å². The molecule has 2 amide bonds. The summed E-state index contributed by atoms with van der Waals surface area (Å²) in [4.78, 5) is 61.3. The van der Waals surface area contributed by atoms with Gasteiger partial charge in [0.25, 0.3) is 11.5 Å². The highest BCUT2D eigenvalue weighted by atomic mass is 35.5. The van der Waals surface area contributed by atoms with Crippen LogP contribution in [-0.4, -0.2) is 71.0 Å². The van der Waals surface area contributed by atoms with Gasteiger partial charge in [-0.1, -0.05) is 61.0 Å². The fourth-order valence-electron chi connectivity index (χ4n) is 9.68. The predicted octanol–water partition coefficient (Wildman–Crippen LogP) is 7.85. The molecule has 6 aromatic rings. The van der Waals surface area contributed by atoms with E-state index in [4.69, 9.17) is 31.2 Å². The molecule has 3 aliphatic heterocycles. The minimum atomic E-state index is -4.62. The van der Waals surface area contributed by atoms with Gasteiger partial charge in [-0.05, 0) is 81.0 Å². The van der Waals surface area contributed by atoms with Gasteiger partial charge in [0.1, 0.15) is 24.7 Å². The number of nitrogens with one attached hydrogen (secondary N) is 1. The molecule has 10 rings (SSSR count). The van der Waals surface area contributed by atoms with E-state index >= 15 is 4.79 Å². The molecule has 330 valence electrons. The topological polar surface area (TPSA) is 149 Å². The number of carbonyl (C=O) groups excluding carboxylic acids is 2. The van der Waals surface area contributed by atoms with Crippen molar-refractivity contribution >= 4 is 40.6 Å². The fourth-order valence-corrected chi connectivity index (χ4v) is 9.91. The Morgan fingerprint density at radius 2 is 1.80 bits per heavy atom. The third-order valence-electron chi connectivity index (χ3n) is 13.1. The summed E-state index contributed by atoms with van der Waals surface area (Å²) in [6.07, 6.45) is -1.65. The normalized spacial score (nSPS) is 21.0. The number of hydrogen-bond acceptors (Lipinski definition) is 10. The van der Waals surface area contributed by atoms with E-state index in [0.29, 0.717) is 47.8 Å². The molecule has 1 saturated carbocycles. The first-order valence-corrected chi connectivity index (χ1v) is 21.5. The molecule has 3 aromatic heterocycles.